The first-order valence-corrected chi connectivity index (χ1v) is 7.98. The average molecular weight is 287 g/mol. The number of hydrogen-bond acceptors (Lipinski definition) is 5. The predicted octanol–water partition coefficient (Wildman–Crippen LogP) is 0.198. The van der Waals surface area contributed by atoms with E-state index in [0.717, 1.165) is 5.56 Å². The van der Waals surface area contributed by atoms with Gasteiger partial charge in [-0.15, -0.1) is 0 Å². The van der Waals surface area contributed by atoms with Crippen molar-refractivity contribution in [2.45, 2.75) is 11.9 Å². The molecule has 0 aliphatic heterocycles. The fourth-order valence-electron chi connectivity index (χ4n) is 1.68. The number of aliphatic hydroxyl groups excluding tert-OH is 1. The zero-order valence-corrected chi connectivity index (χ0v) is 11.9. The van der Waals surface area contributed by atoms with Crippen molar-refractivity contribution >= 4 is 9.84 Å². The Morgan fingerprint density at radius 1 is 1.32 bits per heavy atom. The summed E-state index contributed by atoms with van der Waals surface area (Å²) in [7, 11) is -1.71. The van der Waals surface area contributed by atoms with E-state index >= 15 is 0 Å². The maximum atomic E-state index is 11.9. The van der Waals surface area contributed by atoms with Crippen molar-refractivity contribution in [1.29, 1.82) is 0 Å². The Balaban J connectivity index is 2.37. The summed E-state index contributed by atoms with van der Waals surface area (Å²) in [6.45, 7) is 1.37. The van der Waals surface area contributed by atoms with Crippen LogP contribution in [0, 0.1) is 0 Å². The summed E-state index contributed by atoms with van der Waals surface area (Å²) < 4.78 is 28.6. The summed E-state index contributed by atoms with van der Waals surface area (Å²) in [6, 6.07) is 8.97. The van der Waals surface area contributed by atoms with Gasteiger partial charge in [-0.05, 0) is 5.56 Å². The molecule has 1 atom stereocenters. The Morgan fingerprint density at radius 3 is 2.63 bits per heavy atom. The molecule has 19 heavy (non-hydrogen) atoms. The number of sulfone groups is 1. The number of ether oxygens (including phenoxy) is 1. The van der Waals surface area contributed by atoms with Gasteiger partial charge < -0.3 is 15.2 Å². The molecule has 108 valence electrons. The number of hydrogen-bond donors (Lipinski definition) is 2. The minimum atomic E-state index is -3.30. The van der Waals surface area contributed by atoms with E-state index in [9.17, 15) is 13.5 Å². The lowest BCUT2D eigenvalue weighted by atomic mass is 10.2. The van der Waals surface area contributed by atoms with Crippen LogP contribution in [0.5, 0.6) is 0 Å². The zero-order valence-electron chi connectivity index (χ0n) is 11.1. The van der Waals surface area contributed by atoms with Crippen molar-refractivity contribution in [2.24, 2.45) is 0 Å². The minimum absolute atomic E-state index is 0.0387. The summed E-state index contributed by atoms with van der Waals surface area (Å²) >= 11 is 0. The van der Waals surface area contributed by atoms with E-state index < -0.39 is 15.9 Å². The van der Waals surface area contributed by atoms with Crippen LogP contribution in [0.3, 0.4) is 0 Å². The molecular weight excluding hydrogens is 266 g/mol. The Labute approximate surface area is 114 Å². The van der Waals surface area contributed by atoms with E-state index in [1.807, 2.05) is 6.07 Å². The smallest absolute Gasteiger partial charge is 0.157 e. The van der Waals surface area contributed by atoms with Crippen molar-refractivity contribution in [1.82, 2.24) is 5.32 Å². The van der Waals surface area contributed by atoms with Crippen molar-refractivity contribution in [2.75, 3.05) is 32.6 Å². The van der Waals surface area contributed by atoms with E-state index in [-0.39, 0.29) is 18.1 Å². The van der Waals surface area contributed by atoms with Crippen LogP contribution >= 0.6 is 0 Å². The molecule has 2 N–H and O–H groups in total. The van der Waals surface area contributed by atoms with Crippen LogP contribution < -0.4 is 5.32 Å². The summed E-state index contributed by atoms with van der Waals surface area (Å²) in [6.07, 6.45) is -0.898. The highest BCUT2D eigenvalue weighted by Gasteiger charge is 2.17. The van der Waals surface area contributed by atoms with E-state index in [2.05, 4.69) is 5.32 Å². The van der Waals surface area contributed by atoms with Crippen molar-refractivity contribution in [3.8, 4) is 0 Å². The van der Waals surface area contributed by atoms with Gasteiger partial charge in [0.25, 0.3) is 0 Å². The molecule has 0 amide bonds. The van der Waals surface area contributed by atoms with Crippen LogP contribution in [0.4, 0.5) is 0 Å². The van der Waals surface area contributed by atoms with E-state index in [0.29, 0.717) is 13.2 Å². The Morgan fingerprint density at radius 2 is 2.00 bits per heavy atom. The fraction of sp³-hybridized carbons (Fsp3) is 0.538. The fourth-order valence-corrected chi connectivity index (χ4v) is 3.20. The standard InChI is InChI=1S/C13H21NO4S/c1-18-8-7-14-9-13(15)11-19(16,17)10-12-5-3-2-4-6-12/h2-6,13-15H,7-11H2,1H3. The van der Waals surface area contributed by atoms with E-state index in [1.165, 1.54) is 0 Å². The third-order valence-corrected chi connectivity index (χ3v) is 4.20. The van der Waals surface area contributed by atoms with Crippen LogP contribution in [0.1, 0.15) is 5.56 Å². The summed E-state index contributed by atoms with van der Waals surface area (Å²) in [4.78, 5) is 0. The van der Waals surface area contributed by atoms with Crippen LogP contribution in [-0.2, 0) is 20.3 Å². The van der Waals surface area contributed by atoms with Gasteiger partial charge >= 0.3 is 0 Å². The van der Waals surface area contributed by atoms with Gasteiger partial charge in [0.2, 0.25) is 0 Å². The van der Waals surface area contributed by atoms with E-state index in [4.69, 9.17) is 4.74 Å². The predicted molar refractivity (Wildman–Crippen MR) is 74.7 cm³/mol. The molecule has 0 radical (unpaired) electrons. The topological polar surface area (TPSA) is 75.6 Å². The summed E-state index contributed by atoms with van der Waals surface area (Å²) in [5, 5.41) is 12.6. The van der Waals surface area contributed by atoms with Crippen molar-refractivity contribution in [3.05, 3.63) is 35.9 Å². The summed E-state index contributed by atoms with van der Waals surface area (Å²) in [5.41, 5.74) is 0.738. The van der Waals surface area contributed by atoms with Gasteiger partial charge in [0.15, 0.2) is 9.84 Å². The van der Waals surface area contributed by atoms with E-state index in [1.54, 1.807) is 31.4 Å². The Bertz CT molecular complexity index is 447. The molecule has 1 unspecified atom stereocenters. The third kappa shape index (κ3) is 7.27. The SMILES string of the molecule is COCCNCC(O)CS(=O)(=O)Cc1ccccc1. The number of rotatable bonds is 9. The molecule has 6 heteroatoms. The number of methoxy groups -OCH3 is 1. The second-order valence-corrected chi connectivity index (χ2v) is 6.50. The van der Waals surface area contributed by atoms with Crippen LogP contribution in [0.25, 0.3) is 0 Å². The van der Waals surface area contributed by atoms with Crippen molar-refractivity contribution < 1.29 is 18.3 Å². The molecule has 0 bridgehead atoms. The minimum Gasteiger partial charge on any atom is -0.391 e. The first-order chi connectivity index (χ1) is 9.03. The number of aliphatic hydroxyl groups is 1. The van der Waals surface area contributed by atoms with Gasteiger partial charge in [-0.25, -0.2) is 8.42 Å². The molecule has 5 nitrogen and oxygen atoms in total. The third-order valence-electron chi connectivity index (χ3n) is 2.54. The average Bonchev–Trinajstić information content (AvgIpc) is 2.34. The molecule has 1 aromatic carbocycles. The van der Waals surface area contributed by atoms with Gasteiger partial charge in [-0.1, -0.05) is 30.3 Å². The lowest BCUT2D eigenvalue weighted by Gasteiger charge is -2.12. The normalized spacial score (nSPS) is 13.4. The molecule has 1 rings (SSSR count). The van der Waals surface area contributed by atoms with Crippen molar-refractivity contribution in [3.63, 3.8) is 0 Å². The van der Waals surface area contributed by atoms with Gasteiger partial charge in [0.05, 0.1) is 24.2 Å². The molecule has 0 heterocycles. The molecule has 0 aromatic heterocycles. The quantitative estimate of drug-likeness (QED) is 0.635. The van der Waals surface area contributed by atoms with Gasteiger partial charge in [-0.3, -0.25) is 0 Å². The lowest BCUT2D eigenvalue weighted by Crippen LogP contribution is -2.34. The molecular formula is C13H21NO4S. The molecule has 0 aliphatic rings. The molecule has 1 aromatic rings. The highest BCUT2D eigenvalue weighted by molar-refractivity contribution is 7.90. The zero-order chi connectivity index (χ0) is 14.1. The number of benzene rings is 1. The Kier molecular flexibility index (Phi) is 7.01. The van der Waals surface area contributed by atoms with Crippen LogP contribution in [-0.4, -0.2) is 52.2 Å². The van der Waals surface area contributed by atoms with Crippen LogP contribution in [0.2, 0.25) is 0 Å². The van der Waals surface area contributed by atoms with Gasteiger partial charge in [0, 0.05) is 20.2 Å². The highest BCUT2D eigenvalue weighted by Crippen LogP contribution is 2.07. The first kappa shape index (κ1) is 16.1. The first-order valence-electron chi connectivity index (χ1n) is 6.15. The molecule has 0 aliphatic carbocycles. The molecule has 0 saturated heterocycles. The Hall–Kier alpha value is -0.950. The summed E-state index contributed by atoms with van der Waals surface area (Å²) in [5.74, 6) is -0.273. The second kappa shape index (κ2) is 8.27. The van der Waals surface area contributed by atoms with Gasteiger partial charge in [-0.2, -0.15) is 0 Å². The highest BCUT2D eigenvalue weighted by atomic mass is 32.2. The maximum absolute atomic E-state index is 11.9. The lowest BCUT2D eigenvalue weighted by molar-refractivity contribution is 0.174. The van der Waals surface area contributed by atoms with Crippen LogP contribution in [0.15, 0.2) is 30.3 Å². The largest absolute Gasteiger partial charge is 0.391 e. The second-order valence-electron chi connectivity index (χ2n) is 4.39. The molecule has 0 spiro atoms. The van der Waals surface area contributed by atoms with Gasteiger partial charge in [0.1, 0.15) is 0 Å². The monoisotopic (exact) mass is 287 g/mol. The molecule has 0 saturated carbocycles. The maximum Gasteiger partial charge on any atom is 0.157 e. The number of nitrogens with one attached hydrogen (secondary N) is 1. The molecule has 0 fully saturated rings.